The number of carboxylic acid groups (broad SMARTS) is 1. The summed E-state index contributed by atoms with van der Waals surface area (Å²) in [6, 6.07) is 32.6. The summed E-state index contributed by atoms with van der Waals surface area (Å²) >= 11 is 0. The first-order chi connectivity index (χ1) is 28.3. The maximum absolute atomic E-state index is 13.4. The third-order valence-electron chi connectivity index (χ3n) is 18.5. The molecule has 1 N–H and O–H groups in total. The number of rotatable bonds is 11. The zero-order valence-corrected chi connectivity index (χ0v) is 37.9. The molecule has 5 aliphatic rings. The van der Waals surface area contributed by atoms with Crippen LogP contribution in [0.4, 0.5) is 0 Å². The molecular formula is C55H72O5. The van der Waals surface area contributed by atoms with Crippen LogP contribution in [0.15, 0.2) is 103 Å². The molecule has 0 aromatic heterocycles. The number of allylic oxidation sites excluding steroid dienone is 1. The van der Waals surface area contributed by atoms with Crippen molar-refractivity contribution in [2.75, 3.05) is 6.61 Å². The van der Waals surface area contributed by atoms with Crippen LogP contribution < -0.4 is 0 Å². The quantitative estimate of drug-likeness (QED) is 0.119. The molecule has 0 radical (unpaired) electrons. The molecule has 5 heteroatoms. The van der Waals surface area contributed by atoms with Crippen LogP contribution in [0, 0.1) is 62.1 Å². The summed E-state index contributed by atoms with van der Waals surface area (Å²) in [5.74, 6) is 1.23. The molecule has 5 aliphatic carbocycles. The standard InChI is InChI=1S/C55H72O5/c1-37(2)42-27-30-54(36-59-55(38-19-13-10-14-20-38,39-21-15-11-16-22-39)40-23-17-12-18-24-40)32-31-52(8)43(47(42)54)25-26-45-51(7)34-41(60-46(56)35-50(5,6)48(57)58)33-49(3,4)44(51)28-29-53(45,52)9/h10-24,41-45,47H,1,25-36H2,2-9H3,(H,57,58)/t41-,42+,43?,44?,45?,47?,51+,52-,53-,54-/m1/s1. The minimum Gasteiger partial charge on any atom is -0.481 e. The van der Waals surface area contributed by atoms with Gasteiger partial charge in [0, 0.05) is 0 Å². The van der Waals surface area contributed by atoms with Gasteiger partial charge in [-0.25, -0.2) is 0 Å². The minimum absolute atomic E-state index is 0.0116. The lowest BCUT2D eigenvalue weighted by Crippen LogP contribution is -2.66. The third-order valence-corrected chi connectivity index (χ3v) is 18.5. The highest BCUT2D eigenvalue weighted by atomic mass is 16.5. The molecule has 5 nitrogen and oxygen atoms in total. The smallest absolute Gasteiger partial charge is 0.309 e. The van der Waals surface area contributed by atoms with E-state index in [1.807, 2.05) is 0 Å². The molecule has 3 aromatic carbocycles. The molecule has 0 amide bonds. The second kappa shape index (κ2) is 15.3. The number of fused-ring (bicyclic) bond motifs is 7. The Hall–Kier alpha value is -3.70. The number of benzene rings is 3. The highest BCUT2D eigenvalue weighted by Crippen LogP contribution is 2.77. The zero-order chi connectivity index (χ0) is 42.9. The van der Waals surface area contributed by atoms with Crippen LogP contribution in [0.3, 0.4) is 0 Å². The van der Waals surface area contributed by atoms with Crippen molar-refractivity contribution < 1.29 is 24.2 Å². The summed E-state index contributed by atoms with van der Waals surface area (Å²) in [4.78, 5) is 25.3. The maximum Gasteiger partial charge on any atom is 0.309 e. The molecule has 0 heterocycles. The van der Waals surface area contributed by atoms with E-state index in [-0.39, 0.29) is 45.6 Å². The van der Waals surface area contributed by atoms with Gasteiger partial charge in [-0.1, -0.05) is 138 Å². The summed E-state index contributed by atoms with van der Waals surface area (Å²) in [6.45, 7) is 23.6. The molecule has 0 saturated heterocycles. The van der Waals surface area contributed by atoms with E-state index in [4.69, 9.17) is 16.1 Å². The lowest BCUT2D eigenvalue weighted by molar-refractivity contribution is -0.251. The van der Waals surface area contributed by atoms with Crippen molar-refractivity contribution in [1.82, 2.24) is 0 Å². The molecule has 322 valence electrons. The van der Waals surface area contributed by atoms with E-state index >= 15 is 0 Å². The van der Waals surface area contributed by atoms with Gasteiger partial charge in [-0.15, -0.1) is 0 Å². The maximum atomic E-state index is 13.4. The molecule has 5 saturated carbocycles. The van der Waals surface area contributed by atoms with Crippen LogP contribution in [0.25, 0.3) is 0 Å². The molecule has 3 aromatic rings. The monoisotopic (exact) mass is 813 g/mol. The van der Waals surface area contributed by atoms with Crippen LogP contribution in [-0.4, -0.2) is 29.8 Å². The van der Waals surface area contributed by atoms with Gasteiger partial charge in [-0.3, -0.25) is 9.59 Å². The van der Waals surface area contributed by atoms with Crippen LogP contribution in [0.2, 0.25) is 0 Å². The van der Waals surface area contributed by atoms with E-state index in [9.17, 15) is 14.7 Å². The van der Waals surface area contributed by atoms with Crippen molar-refractivity contribution >= 4 is 11.9 Å². The number of esters is 1. The Morgan fingerprint density at radius 3 is 1.82 bits per heavy atom. The fourth-order valence-electron chi connectivity index (χ4n) is 15.5. The largest absolute Gasteiger partial charge is 0.481 e. The molecule has 8 rings (SSSR count). The number of carboxylic acids is 1. The van der Waals surface area contributed by atoms with Gasteiger partial charge in [0.2, 0.25) is 0 Å². The van der Waals surface area contributed by atoms with Crippen molar-refractivity contribution in [3.05, 3.63) is 120 Å². The Labute approximate surface area is 361 Å². The van der Waals surface area contributed by atoms with Gasteiger partial charge in [0.15, 0.2) is 0 Å². The van der Waals surface area contributed by atoms with E-state index in [1.54, 1.807) is 13.8 Å². The van der Waals surface area contributed by atoms with Gasteiger partial charge < -0.3 is 14.6 Å². The molecule has 60 heavy (non-hydrogen) atoms. The van der Waals surface area contributed by atoms with Crippen LogP contribution in [0.1, 0.15) is 143 Å². The van der Waals surface area contributed by atoms with Crippen LogP contribution >= 0.6 is 0 Å². The van der Waals surface area contributed by atoms with Crippen LogP contribution in [-0.2, 0) is 24.7 Å². The Morgan fingerprint density at radius 1 is 0.717 bits per heavy atom. The third kappa shape index (κ3) is 6.74. The van der Waals surface area contributed by atoms with E-state index in [1.165, 1.54) is 44.1 Å². The van der Waals surface area contributed by atoms with Gasteiger partial charge in [0.25, 0.3) is 0 Å². The Balaban J connectivity index is 1.13. The molecule has 5 fully saturated rings. The summed E-state index contributed by atoms with van der Waals surface area (Å²) < 4.78 is 14.1. The Kier molecular flexibility index (Phi) is 10.9. The van der Waals surface area contributed by atoms with Gasteiger partial charge >= 0.3 is 11.9 Å². The van der Waals surface area contributed by atoms with Crippen molar-refractivity contribution in [3.8, 4) is 0 Å². The Morgan fingerprint density at radius 2 is 1.28 bits per heavy atom. The average Bonchev–Trinajstić information content (AvgIpc) is 3.59. The molecule has 0 spiro atoms. The first kappa shape index (κ1) is 43.0. The topological polar surface area (TPSA) is 72.8 Å². The fraction of sp³-hybridized carbons (Fsp3) is 0.600. The number of carbonyl (C=O) groups is 2. The van der Waals surface area contributed by atoms with E-state index in [2.05, 4.69) is 133 Å². The van der Waals surface area contributed by atoms with Crippen LogP contribution in [0.5, 0.6) is 0 Å². The van der Waals surface area contributed by atoms with Crippen molar-refractivity contribution in [2.45, 2.75) is 138 Å². The van der Waals surface area contributed by atoms with Crippen molar-refractivity contribution in [3.63, 3.8) is 0 Å². The summed E-state index contributed by atoms with van der Waals surface area (Å²) in [5.41, 5.74) is 3.25. The normalized spacial score (nSPS) is 35.9. The van der Waals surface area contributed by atoms with Gasteiger partial charge in [-0.2, -0.15) is 0 Å². The second-order valence-electron chi connectivity index (χ2n) is 22.5. The van der Waals surface area contributed by atoms with Gasteiger partial charge in [-0.05, 0) is 158 Å². The summed E-state index contributed by atoms with van der Waals surface area (Å²) in [6.07, 6.45) is 10.9. The lowest BCUT2D eigenvalue weighted by atomic mass is 9.32. The number of hydrogen-bond acceptors (Lipinski definition) is 4. The molecular weight excluding hydrogens is 741 g/mol. The zero-order valence-electron chi connectivity index (χ0n) is 37.9. The van der Waals surface area contributed by atoms with Gasteiger partial charge in [0.05, 0.1) is 18.4 Å². The number of carbonyl (C=O) groups excluding carboxylic acids is 1. The molecule has 0 bridgehead atoms. The highest BCUT2D eigenvalue weighted by molar-refractivity contribution is 5.81. The predicted octanol–water partition coefficient (Wildman–Crippen LogP) is 13.1. The number of hydrogen-bond donors (Lipinski definition) is 1. The van der Waals surface area contributed by atoms with E-state index in [0.717, 1.165) is 42.4 Å². The average molecular weight is 813 g/mol. The van der Waals surface area contributed by atoms with Crippen molar-refractivity contribution in [2.24, 2.45) is 62.1 Å². The highest BCUT2D eigenvalue weighted by Gasteiger charge is 2.71. The predicted molar refractivity (Wildman–Crippen MR) is 240 cm³/mol. The Bertz CT molecular complexity index is 1960. The number of aliphatic carboxylic acids is 1. The molecule has 4 unspecified atom stereocenters. The van der Waals surface area contributed by atoms with Gasteiger partial charge in [0.1, 0.15) is 11.7 Å². The minimum atomic E-state index is -1.15. The fourth-order valence-corrected chi connectivity index (χ4v) is 15.5. The SMILES string of the molecule is C=C(C)[C@@H]1CC[C@]2(COC(c3ccccc3)(c3ccccc3)c3ccccc3)CC[C@]3(C)C(CCC4[C@@]5(C)C[C@H](OC(=O)CC(C)(C)C(=O)O)CC(C)(C)C5CC[C@]43C)C12. The first-order valence-corrected chi connectivity index (χ1v) is 23.2. The van der Waals surface area contributed by atoms with E-state index in [0.29, 0.717) is 36.2 Å². The summed E-state index contributed by atoms with van der Waals surface area (Å²) in [7, 11) is 0. The number of ether oxygens (including phenoxy) is 2. The van der Waals surface area contributed by atoms with E-state index < -0.39 is 17.0 Å². The first-order valence-electron chi connectivity index (χ1n) is 23.2. The molecule has 0 aliphatic heterocycles. The summed E-state index contributed by atoms with van der Waals surface area (Å²) in [5, 5.41) is 9.76. The second-order valence-corrected chi connectivity index (χ2v) is 22.5. The lowest BCUT2D eigenvalue weighted by Gasteiger charge is -2.73. The molecule has 10 atom stereocenters. The van der Waals surface area contributed by atoms with Crippen molar-refractivity contribution in [1.29, 1.82) is 0 Å².